The predicted octanol–water partition coefficient (Wildman–Crippen LogP) is 1.95. The van der Waals surface area contributed by atoms with Crippen LogP contribution in [0.15, 0.2) is 42.5 Å². The summed E-state index contributed by atoms with van der Waals surface area (Å²) >= 11 is 0. The number of sulfone groups is 1. The highest BCUT2D eigenvalue weighted by atomic mass is 32.2. The van der Waals surface area contributed by atoms with Crippen molar-refractivity contribution in [2.75, 3.05) is 22.1 Å². The fourth-order valence-corrected chi connectivity index (χ4v) is 3.55. The Hall–Kier alpha value is -3.27. The number of fused-ring (bicyclic) bond motifs is 2. The monoisotopic (exact) mass is 418 g/mol. The second-order valence-electron chi connectivity index (χ2n) is 6.49. The number of carbonyl (C=O) groups excluding carboxylic acids is 2. The first-order chi connectivity index (χ1) is 13.8. The predicted molar refractivity (Wildman–Crippen MR) is 109 cm³/mol. The Balaban J connectivity index is 1.75. The summed E-state index contributed by atoms with van der Waals surface area (Å²) in [6.45, 7) is 1.70. The molecule has 0 saturated heterocycles. The van der Waals surface area contributed by atoms with Crippen LogP contribution in [-0.4, -0.2) is 31.9 Å². The fraction of sp³-hybridized carbons (Fsp3) is 0.263. The molecule has 3 rings (SSSR count). The summed E-state index contributed by atoms with van der Waals surface area (Å²) in [5, 5.41) is 0. The molecule has 0 bridgehead atoms. The summed E-state index contributed by atoms with van der Waals surface area (Å²) in [7, 11) is -3.27. The van der Waals surface area contributed by atoms with Gasteiger partial charge in [-0.1, -0.05) is 25.1 Å². The molecule has 0 aromatic heterocycles. The van der Waals surface area contributed by atoms with E-state index in [-0.39, 0.29) is 24.5 Å². The lowest BCUT2D eigenvalue weighted by Gasteiger charge is -2.22. The van der Waals surface area contributed by atoms with Crippen LogP contribution in [0.1, 0.15) is 18.9 Å². The summed E-state index contributed by atoms with van der Waals surface area (Å²) in [6, 6.07) is 11.6. The number of para-hydroxylation sites is 1. The van der Waals surface area contributed by atoms with Gasteiger partial charge in [0.05, 0.1) is 18.0 Å². The van der Waals surface area contributed by atoms with Gasteiger partial charge in [0.2, 0.25) is 5.91 Å². The molecule has 2 aromatic rings. The minimum Gasteiger partial charge on any atom is -0.455 e. The molecule has 0 unspecified atom stereocenters. The van der Waals surface area contributed by atoms with Crippen LogP contribution in [-0.2, 0) is 21.2 Å². The van der Waals surface area contributed by atoms with E-state index >= 15 is 0 Å². The van der Waals surface area contributed by atoms with Crippen LogP contribution < -0.4 is 26.2 Å². The number of nitrogens with one attached hydrogen (secondary N) is 2. The molecule has 1 heterocycles. The van der Waals surface area contributed by atoms with Crippen molar-refractivity contribution >= 4 is 33.2 Å². The van der Waals surface area contributed by atoms with Crippen molar-refractivity contribution in [1.29, 1.82) is 0 Å². The van der Waals surface area contributed by atoms with E-state index in [1.54, 1.807) is 24.3 Å². The maximum absolute atomic E-state index is 12.8. The summed E-state index contributed by atoms with van der Waals surface area (Å²) in [6.07, 6.45) is -0.244. The smallest absolute Gasteiger partial charge is 0.341 e. The van der Waals surface area contributed by atoms with E-state index in [1.807, 2.05) is 18.2 Å². The van der Waals surface area contributed by atoms with Gasteiger partial charge < -0.3 is 10.5 Å². The van der Waals surface area contributed by atoms with E-state index in [2.05, 4.69) is 10.9 Å². The molecule has 0 saturated carbocycles. The van der Waals surface area contributed by atoms with Gasteiger partial charge in [-0.15, -0.1) is 0 Å². The first-order valence-corrected chi connectivity index (χ1v) is 10.8. The second kappa shape index (κ2) is 8.39. The van der Waals surface area contributed by atoms with Crippen LogP contribution >= 0.6 is 0 Å². The Morgan fingerprint density at radius 1 is 1.14 bits per heavy atom. The van der Waals surface area contributed by atoms with E-state index < -0.39 is 21.8 Å². The summed E-state index contributed by atoms with van der Waals surface area (Å²) in [5.41, 5.74) is 12.1. The van der Waals surface area contributed by atoms with E-state index in [1.165, 1.54) is 11.8 Å². The molecule has 3 amide bonds. The Bertz CT molecular complexity index is 1040. The molecule has 0 aliphatic carbocycles. The van der Waals surface area contributed by atoms with Gasteiger partial charge >= 0.3 is 6.03 Å². The lowest BCUT2D eigenvalue weighted by Crippen LogP contribution is -2.49. The number of ether oxygens (including phenoxy) is 1. The lowest BCUT2D eigenvalue weighted by atomic mass is 10.2. The average molecular weight is 418 g/mol. The molecule has 0 spiro atoms. The molecule has 10 heteroatoms. The molecule has 4 N–H and O–H groups in total. The largest absolute Gasteiger partial charge is 0.455 e. The van der Waals surface area contributed by atoms with Crippen molar-refractivity contribution < 1.29 is 22.7 Å². The van der Waals surface area contributed by atoms with Crippen LogP contribution in [0.4, 0.5) is 16.2 Å². The number of hydrogen-bond donors (Lipinski definition) is 3. The van der Waals surface area contributed by atoms with Crippen LogP contribution in [0, 0.1) is 0 Å². The number of nitrogen functional groups attached to an aromatic ring is 1. The third kappa shape index (κ3) is 4.96. The zero-order valence-electron chi connectivity index (χ0n) is 15.8. The highest BCUT2D eigenvalue weighted by Gasteiger charge is 2.26. The minimum absolute atomic E-state index is 0.0436. The van der Waals surface area contributed by atoms with Gasteiger partial charge in [0.1, 0.15) is 5.75 Å². The number of amides is 3. The number of carbonyl (C=O) groups is 2. The van der Waals surface area contributed by atoms with Gasteiger partial charge in [0, 0.05) is 23.4 Å². The standard InChI is InChI=1S/C19H22N4O5S/c1-2-29(26,27)10-9-18(24)21-22-19(25)23-12-13-5-3-4-6-16(13)28-17-8-7-14(20)11-15(17)23/h3-8,11H,2,9-10,12,20H2,1H3,(H,21,24)(H,22,25). The molecule has 9 nitrogen and oxygen atoms in total. The fourth-order valence-electron chi connectivity index (χ4n) is 2.77. The second-order valence-corrected chi connectivity index (χ2v) is 8.96. The number of nitrogens with two attached hydrogens (primary N) is 1. The number of nitrogens with zero attached hydrogens (tertiary/aromatic N) is 1. The Morgan fingerprint density at radius 2 is 1.90 bits per heavy atom. The highest BCUT2D eigenvalue weighted by Crippen LogP contribution is 2.39. The number of rotatable bonds is 4. The topological polar surface area (TPSA) is 131 Å². The van der Waals surface area contributed by atoms with E-state index in [0.29, 0.717) is 22.9 Å². The molecular formula is C19H22N4O5S. The van der Waals surface area contributed by atoms with Crippen LogP contribution in [0.3, 0.4) is 0 Å². The normalized spacial score (nSPS) is 12.8. The van der Waals surface area contributed by atoms with Crippen LogP contribution in [0.2, 0.25) is 0 Å². The molecule has 1 aliphatic heterocycles. The Morgan fingerprint density at radius 3 is 2.66 bits per heavy atom. The van der Waals surface area contributed by atoms with Gasteiger partial charge in [0.15, 0.2) is 15.6 Å². The molecule has 0 fully saturated rings. The van der Waals surface area contributed by atoms with E-state index in [9.17, 15) is 18.0 Å². The first kappa shape index (κ1) is 20.5. The average Bonchev–Trinajstić information content (AvgIpc) is 2.87. The Kier molecular flexibility index (Phi) is 5.92. The van der Waals surface area contributed by atoms with Gasteiger partial charge in [-0.05, 0) is 24.3 Å². The Labute approximate surface area is 168 Å². The van der Waals surface area contributed by atoms with Crippen molar-refractivity contribution in [2.24, 2.45) is 0 Å². The number of hydrogen-bond acceptors (Lipinski definition) is 6. The molecule has 154 valence electrons. The molecule has 1 aliphatic rings. The van der Waals surface area contributed by atoms with E-state index in [4.69, 9.17) is 10.5 Å². The summed E-state index contributed by atoms with van der Waals surface area (Å²) in [5.74, 6) is 0.130. The molecule has 2 aromatic carbocycles. The highest BCUT2D eigenvalue weighted by molar-refractivity contribution is 7.91. The van der Waals surface area contributed by atoms with Crippen LogP contribution in [0.25, 0.3) is 0 Å². The van der Waals surface area contributed by atoms with Crippen molar-refractivity contribution in [1.82, 2.24) is 10.9 Å². The van der Waals surface area contributed by atoms with Gasteiger partial charge in [-0.3, -0.25) is 15.1 Å². The summed E-state index contributed by atoms with van der Waals surface area (Å²) in [4.78, 5) is 26.1. The quantitative estimate of drug-likeness (QED) is 0.514. The van der Waals surface area contributed by atoms with Gasteiger partial charge in [-0.25, -0.2) is 18.6 Å². The van der Waals surface area contributed by atoms with Crippen molar-refractivity contribution in [3.8, 4) is 11.5 Å². The lowest BCUT2D eigenvalue weighted by molar-refractivity contribution is -0.121. The van der Waals surface area contributed by atoms with Crippen molar-refractivity contribution in [3.05, 3.63) is 48.0 Å². The molecule has 0 radical (unpaired) electrons. The zero-order valence-corrected chi connectivity index (χ0v) is 16.7. The third-order valence-electron chi connectivity index (χ3n) is 4.43. The molecule has 29 heavy (non-hydrogen) atoms. The minimum atomic E-state index is -3.27. The SMILES string of the molecule is CCS(=O)(=O)CCC(=O)NNC(=O)N1Cc2ccccc2Oc2ccc(N)cc21. The zero-order chi connectivity index (χ0) is 21.0. The van der Waals surface area contributed by atoms with E-state index in [0.717, 1.165) is 5.56 Å². The maximum atomic E-state index is 12.8. The first-order valence-electron chi connectivity index (χ1n) is 9.01. The van der Waals surface area contributed by atoms with Gasteiger partial charge in [0.25, 0.3) is 0 Å². The molecule has 0 atom stereocenters. The molecular weight excluding hydrogens is 396 g/mol. The number of hydrazine groups is 1. The van der Waals surface area contributed by atoms with Crippen molar-refractivity contribution in [3.63, 3.8) is 0 Å². The van der Waals surface area contributed by atoms with Crippen LogP contribution in [0.5, 0.6) is 11.5 Å². The maximum Gasteiger partial charge on any atom is 0.341 e. The van der Waals surface area contributed by atoms with Gasteiger partial charge in [-0.2, -0.15) is 0 Å². The number of urea groups is 1. The number of benzene rings is 2. The third-order valence-corrected chi connectivity index (χ3v) is 6.13. The van der Waals surface area contributed by atoms with Crippen molar-refractivity contribution in [2.45, 2.75) is 19.9 Å². The summed E-state index contributed by atoms with van der Waals surface area (Å²) < 4.78 is 28.9. The number of anilines is 2.